The Morgan fingerprint density at radius 3 is 2.46 bits per heavy atom. The van der Waals surface area contributed by atoms with Crippen molar-refractivity contribution in [2.75, 3.05) is 4.90 Å². The number of imide groups is 1. The van der Waals surface area contributed by atoms with Gasteiger partial charge in [-0.3, -0.25) is 14.3 Å². The van der Waals surface area contributed by atoms with Crippen molar-refractivity contribution < 1.29 is 14.3 Å². The van der Waals surface area contributed by atoms with Gasteiger partial charge in [-0.05, 0) is 31.4 Å². The number of rotatable bonds is 3. The fourth-order valence-electron chi connectivity index (χ4n) is 4.49. The molecular formula is C19H18ClN3O3. The number of aromatic nitrogens is 2. The number of carbonyl (C=O) groups is 2. The number of benzene rings is 1. The van der Waals surface area contributed by atoms with Crippen molar-refractivity contribution in [2.45, 2.75) is 38.5 Å². The summed E-state index contributed by atoms with van der Waals surface area (Å²) in [6.45, 7) is 2.40. The first kappa shape index (κ1) is 16.0. The molecule has 3 fully saturated rings. The quantitative estimate of drug-likeness (QED) is 0.778. The lowest BCUT2D eigenvalue weighted by molar-refractivity contribution is -0.124. The second-order valence-electron chi connectivity index (χ2n) is 7.25. The van der Waals surface area contributed by atoms with Crippen molar-refractivity contribution in [3.05, 3.63) is 46.6 Å². The van der Waals surface area contributed by atoms with Gasteiger partial charge in [-0.15, -0.1) is 0 Å². The number of amides is 2. The summed E-state index contributed by atoms with van der Waals surface area (Å²) in [5.41, 5.74) is 1.81. The molecule has 0 saturated carbocycles. The van der Waals surface area contributed by atoms with E-state index in [0.29, 0.717) is 17.4 Å². The van der Waals surface area contributed by atoms with Gasteiger partial charge in [-0.25, -0.2) is 4.90 Å². The molecule has 2 bridgehead atoms. The highest BCUT2D eigenvalue weighted by Gasteiger charge is 2.63. The third-order valence-electron chi connectivity index (χ3n) is 5.76. The highest BCUT2D eigenvalue weighted by Crippen LogP contribution is 2.49. The van der Waals surface area contributed by atoms with Crippen molar-refractivity contribution in [1.29, 1.82) is 0 Å². The summed E-state index contributed by atoms with van der Waals surface area (Å²) in [7, 11) is 0. The molecule has 6 nitrogen and oxygen atoms in total. The van der Waals surface area contributed by atoms with Gasteiger partial charge in [-0.2, -0.15) is 5.10 Å². The third kappa shape index (κ3) is 2.18. The normalized spacial score (nSPS) is 29.7. The molecule has 4 atom stereocenters. The minimum absolute atomic E-state index is 0.113. The zero-order chi connectivity index (χ0) is 18.0. The Morgan fingerprint density at radius 1 is 1.15 bits per heavy atom. The van der Waals surface area contributed by atoms with E-state index in [9.17, 15) is 9.59 Å². The Morgan fingerprint density at radius 2 is 1.81 bits per heavy atom. The van der Waals surface area contributed by atoms with Gasteiger partial charge in [-0.1, -0.05) is 29.8 Å². The first-order chi connectivity index (χ1) is 12.5. The Balaban J connectivity index is 1.46. The smallest absolute Gasteiger partial charge is 0.241 e. The van der Waals surface area contributed by atoms with Gasteiger partial charge in [0.2, 0.25) is 11.8 Å². The summed E-state index contributed by atoms with van der Waals surface area (Å²) in [6.07, 6.45) is 1.49. The fraction of sp³-hybridized carbons (Fsp3) is 0.421. The van der Waals surface area contributed by atoms with E-state index in [-0.39, 0.29) is 35.9 Å². The van der Waals surface area contributed by atoms with Crippen molar-refractivity contribution in [3.8, 4) is 0 Å². The Bertz CT molecular complexity index is 897. The predicted octanol–water partition coefficient (Wildman–Crippen LogP) is 2.56. The standard InChI is InChI=1S/C19H18ClN3O3/c1-10-8-15(21-22(10)9-11-4-2-3-5-12(11)20)23-18(24)16-13-6-7-14(26-13)17(16)19(23)25/h2-5,8,13-14,16-17H,6-7,9H2,1H3/t13-,14+,16-,17-/m0/s1. The second kappa shape index (κ2) is 5.66. The molecule has 0 N–H and O–H groups in total. The van der Waals surface area contributed by atoms with E-state index in [1.54, 1.807) is 10.7 Å². The number of carbonyl (C=O) groups excluding carboxylic acids is 2. The maximum Gasteiger partial charge on any atom is 0.241 e. The van der Waals surface area contributed by atoms with Crippen LogP contribution in [0.3, 0.4) is 0 Å². The van der Waals surface area contributed by atoms with Crippen molar-refractivity contribution in [3.63, 3.8) is 0 Å². The lowest BCUT2D eigenvalue weighted by Crippen LogP contribution is -2.34. The van der Waals surface area contributed by atoms with Crippen molar-refractivity contribution >= 4 is 29.2 Å². The second-order valence-corrected chi connectivity index (χ2v) is 7.65. The zero-order valence-electron chi connectivity index (χ0n) is 14.3. The lowest BCUT2D eigenvalue weighted by atomic mass is 9.81. The molecule has 3 aliphatic rings. The molecule has 4 heterocycles. The highest BCUT2D eigenvalue weighted by molar-refractivity contribution is 6.31. The largest absolute Gasteiger partial charge is 0.373 e. The Kier molecular flexibility index (Phi) is 3.49. The fourth-order valence-corrected chi connectivity index (χ4v) is 4.68. The van der Waals surface area contributed by atoms with E-state index in [4.69, 9.17) is 16.3 Å². The van der Waals surface area contributed by atoms with Crippen LogP contribution < -0.4 is 4.90 Å². The molecule has 134 valence electrons. The van der Waals surface area contributed by atoms with E-state index in [1.165, 1.54) is 4.90 Å². The molecule has 0 spiro atoms. The number of aryl methyl sites for hydroxylation is 1. The van der Waals surface area contributed by atoms with Crippen LogP contribution in [-0.4, -0.2) is 33.8 Å². The first-order valence-electron chi connectivity index (χ1n) is 8.85. The van der Waals surface area contributed by atoms with Crippen molar-refractivity contribution in [2.24, 2.45) is 11.8 Å². The van der Waals surface area contributed by atoms with Crippen LogP contribution >= 0.6 is 11.6 Å². The van der Waals surface area contributed by atoms with Crippen LogP contribution in [0.2, 0.25) is 5.02 Å². The van der Waals surface area contributed by atoms with Crippen LogP contribution in [-0.2, 0) is 20.9 Å². The molecule has 1 aromatic carbocycles. The molecule has 0 radical (unpaired) electrons. The van der Waals surface area contributed by atoms with Crippen LogP contribution in [0, 0.1) is 18.8 Å². The SMILES string of the molecule is Cc1cc(N2C(=O)[C@@H]3[C@@H](C2=O)[C@H]2CC[C@@H]3O2)nn1Cc1ccccc1Cl. The molecular weight excluding hydrogens is 354 g/mol. The van der Waals surface area contributed by atoms with E-state index < -0.39 is 0 Å². The minimum atomic E-state index is -0.338. The van der Waals surface area contributed by atoms with E-state index in [2.05, 4.69) is 5.10 Å². The number of hydrogen-bond donors (Lipinski definition) is 0. The van der Waals surface area contributed by atoms with Gasteiger partial charge < -0.3 is 4.74 Å². The Labute approximate surface area is 155 Å². The summed E-state index contributed by atoms with van der Waals surface area (Å²) in [5, 5.41) is 5.20. The number of halogens is 1. The molecule has 5 rings (SSSR count). The van der Waals surface area contributed by atoms with Crippen LogP contribution in [0.1, 0.15) is 24.1 Å². The molecule has 0 aliphatic carbocycles. The number of nitrogens with zero attached hydrogens (tertiary/aromatic N) is 3. The van der Waals surface area contributed by atoms with E-state index in [1.807, 2.05) is 31.2 Å². The van der Waals surface area contributed by atoms with Crippen LogP contribution in [0.4, 0.5) is 5.82 Å². The summed E-state index contributed by atoms with van der Waals surface area (Å²) in [5.74, 6) is -0.618. The topological polar surface area (TPSA) is 64.4 Å². The Hall–Kier alpha value is -2.18. The average molecular weight is 372 g/mol. The maximum absolute atomic E-state index is 12.9. The van der Waals surface area contributed by atoms with Gasteiger partial charge in [0.05, 0.1) is 30.6 Å². The molecule has 7 heteroatoms. The highest BCUT2D eigenvalue weighted by atomic mass is 35.5. The number of fused-ring (bicyclic) bond motifs is 5. The monoisotopic (exact) mass is 371 g/mol. The molecule has 26 heavy (non-hydrogen) atoms. The maximum atomic E-state index is 12.9. The van der Waals surface area contributed by atoms with Gasteiger partial charge >= 0.3 is 0 Å². The van der Waals surface area contributed by atoms with E-state index in [0.717, 1.165) is 24.1 Å². The van der Waals surface area contributed by atoms with Crippen LogP contribution in [0.15, 0.2) is 30.3 Å². The van der Waals surface area contributed by atoms with Crippen LogP contribution in [0.25, 0.3) is 0 Å². The molecule has 3 saturated heterocycles. The zero-order valence-corrected chi connectivity index (χ0v) is 15.0. The third-order valence-corrected chi connectivity index (χ3v) is 6.13. The lowest BCUT2D eigenvalue weighted by Gasteiger charge is -2.15. The van der Waals surface area contributed by atoms with Crippen LogP contribution in [0.5, 0.6) is 0 Å². The molecule has 2 amide bonds. The van der Waals surface area contributed by atoms with Crippen molar-refractivity contribution in [1.82, 2.24) is 9.78 Å². The predicted molar refractivity (Wildman–Crippen MR) is 94.9 cm³/mol. The summed E-state index contributed by atoms with van der Waals surface area (Å²) < 4.78 is 7.55. The number of anilines is 1. The van der Waals surface area contributed by atoms with Gasteiger partial charge in [0.25, 0.3) is 0 Å². The molecule has 2 aromatic rings. The summed E-state index contributed by atoms with van der Waals surface area (Å²) in [4.78, 5) is 27.0. The summed E-state index contributed by atoms with van der Waals surface area (Å²) in [6, 6.07) is 9.36. The average Bonchev–Trinajstić information content (AvgIpc) is 3.35. The first-order valence-corrected chi connectivity index (χ1v) is 9.23. The van der Waals surface area contributed by atoms with Gasteiger partial charge in [0.1, 0.15) is 0 Å². The number of ether oxygens (including phenoxy) is 1. The van der Waals surface area contributed by atoms with Gasteiger partial charge in [0.15, 0.2) is 5.82 Å². The summed E-state index contributed by atoms with van der Waals surface area (Å²) >= 11 is 6.24. The number of hydrogen-bond acceptors (Lipinski definition) is 4. The minimum Gasteiger partial charge on any atom is -0.373 e. The molecule has 1 aromatic heterocycles. The molecule has 0 unspecified atom stereocenters. The van der Waals surface area contributed by atoms with E-state index >= 15 is 0 Å². The van der Waals surface area contributed by atoms with Gasteiger partial charge in [0, 0.05) is 16.8 Å². The molecule has 3 aliphatic heterocycles.